The molecule has 1 aliphatic heterocycles. The molecule has 1 saturated heterocycles. The van der Waals surface area contributed by atoms with Crippen LogP contribution in [0.1, 0.15) is 31.2 Å². The molecule has 0 spiro atoms. The number of aromatic nitrogens is 3. The van der Waals surface area contributed by atoms with E-state index < -0.39 is 9.84 Å². The Morgan fingerprint density at radius 2 is 1.83 bits per heavy atom. The summed E-state index contributed by atoms with van der Waals surface area (Å²) in [4.78, 5) is 7.23. The molecule has 1 unspecified atom stereocenters. The molecule has 158 valence electrons. The second kappa shape index (κ2) is 8.28. The topological polar surface area (TPSA) is 89.2 Å². The zero-order valence-corrected chi connectivity index (χ0v) is 18.3. The Hall–Kier alpha value is -2.58. The van der Waals surface area contributed by atoms with E-state index >= 15 is 0 Å². The van der Waals surface area contributed by atoms with Gasteiger partial charge in [-0.25, -0.2) is 13.4 Å². The standard InChI is InChI=1S/C22H26N4O3S/c1-15-5-4-13-26(15)14-12-19-16(2)29-22(23-19)18-8-6-17(7-9-18)20-10-11-21(25-24-20)30(3,27)28/h6-11,15H,4-5,12-14H2,1-3H3. The fourth-order valence-electron chi connectivity index (χ4n) is 3.81. The number of oxazole rings is 1. The number of nitrogens with zero attached hydrogens (tertiary/aromatic N) is 4. The number of hydrogen-bond donors (Lipinski definition) is 0. The molecule has 1 aliphatic rings. The van der Waals surface area contributed by atoms with E-state index in [1.165, 1.54) is 25.5 Å². The van der Waals surface area contributed by atoms with Gasteiger partial charge in [0.2, 0.25) is 5.89 Å². The highest BCUT2D eigenvalue weighted by Gasteiger charge is 2.21. The molecular weight excluding hydrogens is 400 g/mol. The molecular formula is C22H26N4O3S. The van der Waals surface area contributed by atoms with Crippen LogP contribution in [0.2, 0.25) is 0 Å². The lowest BCUT2D eigenvalue weighted by Crippen LogP contribution is -2.29. The minimum absolute atomic E-state index is 0.0333. The van der Waals surface area contributed by atoms with Crippen molar-refractivity contribution >= 4 is 9.84 Å². The Morgan fingerprint density at radius 3 is 2.43 bits per heavy atom. The van der Waals surface area contributed by atoms with Crippen molar-refractivity contribution in [2.75, 3.05) is 19.3 Å². The fourth-order valence-corrected chi connectivity index (χ4v) is 4.32. The molecule has 2 aromatic heterocycles. The second-order valence-electron chi connectivity index (χ2n) is 7.91. The first-order valence-electron chi connectivity index (χ1n) is 10.2. The van der Waals surface area contributed by atoms with Gasteiger partial charge in [-0.2, -0.15) is 0 Å². The third-order valence-corrected chi connectivity index (χ3v) is 6.64. The van der Waals surface area contributed by atoms with Gasteiger partial charge in [0.05, 0.1) is 11.4 Å². The Labute approximate surface area is 177 Å². The van der Waals surface area contributed by atoms with Crippen molar-refractivity contribution in [2.45, 2.75) is 44.2 Å². The van der Waals surface area contributed by atoms with Crippen LogP contribution in [0.25, 0.3) is 22.7 Å². The van der Waals surface area contributed by atoms with E-state index in [9.17, 15) is 8.42 Å². The zero-order chi connectivity index (χ0) is 21.3. The van der Waals surface area contributed by atoms with Crippen molar-refractivity contribution in [1.29, 1.82) is 0 Å². The zero-order valence-electron chi connectivity index (χ0n) is 17.5. The van der Waals surface area contributed by atoms with E-state index in [0.29, 0.717) is 17.6 Å². The van der Waals surface area contributed by atoms with Gasteiger partial charge in [0, 0.05) is 36.4 Å². The average molecular weight is 427 g/mol. The lowest BCUT2D eigenvalue weighted by atomic mass is 10.1. The summed E-state index contributed by atoms with van der Waals surface area (Å²) in [6, 6.07) is 11.5. The third kappa shape index (κ3) is 4.44. The summed E-state index contributed by atoms with van der Waals surface area (Å²) in [5.74, 6) is 1.48. The highest BCUT2D eigenvalue weighted by Crippen LogP contribution is 2.26. The minimum Gasteiger partial charge on any atom is -0.441 e. The number of likely N-dealkylation sites (tertiary alicyclic amines) is 1. The van der Waals surface area contributed by atoms with Crippen LogP contribution in [0.15, 0.2) is 45.8 Å². The van der Waals surface area contributed by atoms with Crippen LogP contribution in [0.5, 0.6) is 0 Å². The van der Waals surface area contributed by atoms with Gasteiger partial charge in [-0.3, -0.25) is 0 Å². The van der Waals surface area contributed by atoms with E-state index in [0.717, 1.165) is 41.8 Å². The fraction of sp³-hybridized carbons (Fsp3) is 0.409. The van der Waals surface area contributed by atoms with Crippen molar-refractivity contribution < 1.29 is 12.8 Å². The van der Waals surface area contributed by atoms with Crippen LogP contribution in [0.3, 0.4) is 0 Å². The summed E-state index contributed by atoms with van der Waals surface area (Å²) in [6.45, 7) is 6.43. The highest BCUT2D eigenvalue weighted by molar-refractivity contribution is 7.90. The van der Waals surface area contributed by atoms with Crippen LogP contribution in [-0.2, 0) is 16.3 Å². The van der Waals surface area contributed by atoms with Crippen LogP contribution >= 0.6 is 0 Å². The minimum atomic E-state index is -3.36. The number of sulfone groups is 1. The summed E-state index contributed by atoms with van der Waals surface area (Å²) >= 11 is 0. The van der Waals surface area contributed by atoms with Crippen molar-refractivity contribution in [2.24, 2.45) is 0 Å². The Bertz CT molecular complexity index is 1120. The van der Waals surface area contributed by atoms with Crippen LogP contribution in [0.4, 0.5) is 0 Å². The van der Waals surface area contributed by atoms with E-state index in [-0.39, 0.29) is 5.03 Å². The molecule has 0 aliphatic carbocycles. The lowest BCUT2D eigenvalue weighted by Gasteiger charge is -2.20. The summed E-state index contributed by atoms with van der Waals surface area (Å²) in [5, 5.41) is 7.81. The quantitative estimate of drug-likeness (QED) is 0.595. The molecule has 3 heterocycles. The van der Waals surface area contributed by atoms with Gasteiger partial charge in [0.15, 0.2) is 14.9 Å². The number of rotatable bonds is 6. The first-order valence-corrected chi connectivity index (χ1v) is 12.1. The second-order valence-corrected chi connectivity index (χ2v) is 9.87. The predicted molar refractivity (Wildman–Crippen MR) is 115 cm³/mol. The maximum absolute atomic E-state index is 11.5. The van der Waals surface area contributed by atoms with Gasteiger partial charge in [0.1, 0.15) is 5.76 Å². The third-order valence-electron chi connectivity index (χ3n) is 5.67. The van der Waals surface area contributed by atoms with Gasteiger partial charge in [-0.15, -0.1) is 10.2 Å². The number of aryl methyl sites for hydroxylation is 1. The normalized spacial score (nSPS) is 17.5. The SMILES string of the molecule is Cc1oc(-c2ccc(-c3ccc(S(C)(=O)=O)nn3)cc2)nc1CCN1CCCC1C. The highest BCUT2D eigenvalue weighted by atomic mass is 32.2. The van der Waals surface area contributed by atoms with Crippen molar-refractivity contribution in [3.63, 3.8) is 0 Å². The van der Waals surface area contributed by atoms with Gasteiger partial charge in [0.25, 0.3) is 0 Å². The van der Waals surface area contributed by atoms with Gasteiger partial charge >= 0.3 is 0 Å². The van der Waals surface area contributed by atoms with Gasteiger partial charge in [-0.05, 0) is 57.5 Å². The molecule has 3 aromatic rings. The van der Waals surface area contributed by atoms with E-state index in [2.05, 4.69) is 22.0 Å². The Balaban J connectivity index is 1.47. The molecule has 7 nitrogen and oxygen atoms in total. The molecule has 0 N–H and O–H groups in total. The van der Waals surface area contributed by atoms with E-state index in [1.807, 2.05) is 31.2 Å². The van der Waals surface area contributed by atoms with Crippen molar-refractivity contribution in [3.8, 4) is 22.7 Å². The van der Waals surface area contributed by atoms with Crippen LogP contribution < -0.4 is 0 Å². The van der Waals surface area contributed by atoms with E-state index in [1.54, 1.807) is 6.07 Å². The molecule has 0 radical (unpaired) electrons. The molecule has 4 rings (SSSR count). The summed E-state index contributed by atoms with van der Waals surface area (Å²) in [7, 11) is -3.36. The number of benzene rings is 1. The summed E-state index contributed by atoms with van der Waals surface area (Å²) in [5.41, 5.74) is 3.36. The molecule has 30 heavy (non-hydrogen) atoms. The maximum atomic E-state index is 11.5. The molecule has 1 aromatic carbocycles. The molecule has 1 atom stereocenters. The first kappa shape index (κ1) is 20.7. The molecule has 0 saturated carbocycles. The van der Waals surface area contributed by atoms with E-state index in [4.69, 9.17) is 9.40 Å². The Morgan fingerprint density at radius 1 is 1.10 bits per heavy atom. The molecule has 8 heteroatoms. The smallest absolute Gasteiger partial charge is 0.226 e. The Kier molecular flexibility index (Phi) is 5.71. The first-order chi connectivity index (χ1) is 14.3. The monoisotopic (exact) mass is 426 g/mol. The molecule has 0 amide bonds. The molecule has 1 fully saturated rings. The largest absolute Gasteiger partial charge is 0.441 e. The van der Waals surface area contributed by atoms with Crippen LogP contribution in [0, 0.1) is 6.92 Å². The van der Waals surface area contributed by atoms with Crippen LogP contribution in [-0.4, -0.2) is 53.9 Å². The molecule has 0 bridgehead atoms. The van der Waals surface area contributed by atoms with Crippen molar-refractivity contribution in [3.05, 3.63) is 47.9 Å². The van der Waals surface area contributed by atoms with Gasteiger partial charge in [-0.1, -0.05) is 12.1 Å². The lowest BCUT2D eigenvalue weighted by molar-refractivity contribution is 0.271. The number of hydrogen-bond acceptors (Lipinski definition) is 7. The summed E-state index contributed by atoms with van der Waals surface area (Å²) < 4.78 is 29.0. The predicted octanol–water partition coefficient (Wildman–Crippen LogP) is 3.54. The summed E-state index contributed by atoms with van der Waals surface area (Å²) in [6.07, 6.45) is 4.55. The van der Waals surface area contributed by atoms with Crippen molar-refractivity contribution in [1.82, 2.24) is 20.1 Å². The van der Waals surface area contributed by atoms with Gasteiger partial charge < -0.3 is 9.32 Å². The maximum Gasteiger partial charge on any atom is 0.226 e. The average Bonchev–Trinajstić information content (AvgIpc) is 3.31.